The van der Waals surface area contributed by atoms with Crippen molar-refractivity contribution in [3.63, 3.8) is 0 Å². The van der Waals surface area contributed by atoms with Crippen molar-refractivity contribution in [2.75, 3.05) is 6.61 Å². The molecular formula is C10H8O4. The van der Waals surface area contributed by atoms with E-state index in [2.05, 4.69) is 21.3 Å². The van der Waals surface area contributed by atoms with E-state index in [4.69, 9.17) is 12.8 Å². The molecule has 0 aliphatic rings. The highest BCUT2D eigenvalue weighted by molar-refractivity contribution is 5.82. The summed E-state index contributed by atoms with van der Waals surface area (Å²) in [5, 5.41) is 0. The van der Waals surface area contributed by atoms with Gasteiger partial charge in [0.05, 0.1) is 6.08 Å². The van der Waals surface area contributed by atoms with Crippen LogP contribution in [0.2, 0.25) is 0 Å². The SMILES string of the molecule is C#CCOC(=O)C=COC(=O)CC#C. The van der Waals surface area contributed by atoms with Gasteiger partial charge in [0.15, 0.2) is 6.61 Å². The third kappa shape index (κ3) is 6.51. The van der Waals surface area contributed by atoms with Gasteiger partial charge in [0, 0.05) is 0 Å². The van der Waals surface area contributed by atoms with Gasteiger partial charge in [-0.25, -0.2) is 4.79 Å². The number of hydrogen-bond donors (Lipinski definition) is 0. The minimum absolute atomic E-state index is 0.124. The molecule has 4 nitrogen and oxygen atoms in total. The zero-order valence-electron chi connectivity index (χ0n) is 7.36. The predicted molar refractivity (Wildman–Crippen MR) is 48.5 cm³/mol. The Labute approximate surface area is 81.9 Å². The highest BCUT2D eigenvalue weighted by atomic mass is 16.5. The summed E-state index contributed by atoms with van der Waals surface area (Å²) in [5.41, 5.74) is 0. The summed E-state index contributed by atoms with van der Waals surface area (Å²) in [6.45, 7) is -0.124. The first-order chi connectivity index (χ1) is 6.70. The fourth-order valence-corrected chi connectivity index (χ4v) is 0.451. The van der Waals surface area contributed by atoms with Crippen LogP contribution in [-0.4, -0.2) is 18.5 Å². The van der Waals surface area contributed by atoms with Gasteiger partial charge >= 0.3 is 11.9 Å². The van der Waals surface area contributed by atoms with Crippen LogP contribution in [0.3, 0.4) is 0 Å². The zero-order chi connectivity index (χ0) is 10.8. The Balaban J connectivity index is 3.74. The molecule has 72 valence electrons. The number of esters is 2. The molecule has 0 aromatic heterocycles. The van der Waals surface area contributed by atoms with Crippen LogP contribution in [0.4, 0.5) is 0 Å². The zero-order valence-corrected chi connectivity index (χ0v) is 7.36. The third-order valence-electron chi connectivity index (χ3n) is 0.948. The number of carbonyl (C=O) groups excluding carboxylic acids is 2. The Bertz CT molecular complexity index is 314. The normalized spacial score (nSPS) is 8.71. The minimum Gasteiger partial charge on any atom is -0.449 e. The molecule has 0 aliphatic carbocycles. The van der Waals surface area contributed by atoms with Gasteiger partial charge in [-0.05, 0) is 0 Å². The molecule has 0 unspecified atom stereocenters. The van der Waals surface area contributed by atoms with Gasteiger partial charge < -0.3 is 9.47 Å². The van der Waals surface area contributed by atoms with E-state index >= 15 is 0 Å². The third-order valence-corrected chi connectivity index (χ3v) is 0.948. The van der Waals surface area contributed by atoms with Crippen LogP contribution in [-0.2, 0) is 19.1 Å². The quantitative estimate of drug-likeness (QED) is 0.277. The van der Waals surface area contributed by atoms with E-state index in [9.17, 15) is 9.59 Å². The molecule has 0 saturated carbocycles. The van der Waals surface area contributed by atoms with Gasteiger partial charge in [0.25, 0.3) is 0 Å². The van der Waals surface area contributed by atoms with E-state index in [1.54, 1.807) is 0 Å². The highest BCUT2D eigenvalue weighted by Crippen LogP contribution is 1.87. The van der Waals surface area contributed by atoms with E-state index < -0.39 is 11.9 Å². The lowest BCUT2D eigenvalue weighted by Gasteiger charge is -1.94. The van der Waals surface area contributed by atoms with Crippen LogP contribution < -0.4 is 0 Å². The second-order valence-corrected chi connectivity index (χ2v) is 1.99. The molecule has 0 fully saturated rings. The first-order valence-corrected chi connectivity index (χ1v) is 3.60. The molecule has 0 atom stereocenters. The average molecular weight is 192 g/mol. The summed E-state index contributed by atoms with van der Waals surface area (Å²) < 4.78 is 8.86. The maximum Gasteiger partial charge on any atom is 0.334 e. The van der Waals surface area contributed by atoms with Crippen molar-refractivity contribution in [3.05, 3.63) is 12.3 Å². The first kappa shape index (κ1) is 11.8. The first-order valence-electron chi connectivity index (χ1n) is 3.60. The van der Waals surface area contributed by atoms with E-state index in [1.807, 2.05) is 0 Å². The molecule has 0 saturated heterocycles. The Hall–Kier alpha value is -2.20. The maximum atomic E-state index is 10.7. The van der Waals surface area contributed by atoms with Crippen LogP contribution in [0.1, 0.15) is 6.42 Å². The second kappa shape index (κ2) is 7.45. The van der Waals surface area contributed by atoms with Crippen molar-refractivity contribution < 1.29 is 19.1 Å². The van der Waals surface area contributed by atoms with E-state index in [1.165, 1.54) is 0 Å². The fourth-order valence-electron chi connectivity index (χ4n) is 0.451. The van der Waals surface area contributed by atoms with Crippen molar-refractivity contribution in [2.24, 2.45) is 0 Å². The molecule has 0 aromatic rings. The van der Waals surface area contributed by atoms with Crippen LogP contribution in [0.5, 0.6) is 0 Å². The summed E-state index contributed by atoms with van der Waals surface area (Å²) in [7, 11) is 0. The molecule has 0 bridgehead atoms. The Morgan fingerprint density at radius 3 is 2.57 bits per heavy atom. The maximum absolute atomic E-state index is 10.7. The Morgan fingerprint density at radius 1 is 1.29 bits per heavy atom. The second-order valence-electron chi connectivity index (χ2n) is 1.99. The topological polar surface area (TPSA) is 52.6 Å². The van der Waals surface area contributed by atoms with Crippen molar-refractivity contribution in [1.82, 2.24) is 0 Å². The monoisotopic (exact) mass is 192 g/mol. The Kier molecular flexibility index (Phi) is 6.28. The van der Waals surface area contributed by atoms with Crippen LogP contribution in [0.15, 0.2) is 12.3 Å². The molecule has 14 heavy (non-hydrogen) atoms. The van der Waals surface area contributed by atoms with Gasteiger partial charge in [0.1, 0.15) is 12.7 Å². The van der Waals surface area contributed by atoms with E-state index in [-0.39, 0.29) is 13.0 Å². The number of ether oxygens (including phenoxy) is 2. The van der Waals surface area contributed by atoms with Gasteiger partial charge in [0.2, 0.25) is 0 Å². The molecule has 0 amide bonds. The van der Waals surface area contributed by atoms with Gasteiger partial charge in [-0.15, -0.1) is 12.8 Å². The molecule has 0 spiro atoms. The molecule has 0 heterocycles. The Morgan fingerprint density at radius 2 is 2.00 bits per heavy atom. The average Bonchev–Trinajstić information content (AvgIpc) is 2.15. The summed E-state index contributed by atoms with van der Waals surface area (Å²) in [6, 6.07) is 0. The molecule has 4 heteroatoms. The molecular weight excluding hydrogens is 184 g/mol. The van der Waals surface area contributed by atoms with Gasteiger partial charge in [-0.3, -0.25) is 4.79 Å². The molecule has 0 radical (unpaired) electrons. The predicted octanol–water partition coefficient (Wildman–Crippen LogP) is 0.243. The highest BCUT2D eigenvalue weighted by Gasteiger charge is 1.98. The fraction of sp³-hybridized carbons (Fsp3) is 0.200. The van der Waals surface area contributed by atoms with Crippen molar-refractivity contribution in [1.29, 1.82) is 0 Å². The number of hydrogen-bond acceptors (Lipinski definition) is 4. The van der Waals surface area contributed by atoms with Crippen LogP contribution >= 0.6 is 0 Å². The van der Waals surface area contributed by atoms with Crippen LogP contribution in [0, 0.1) is 24.7 Å². The molecule has 0 aromatic carbocycles. The molecule has 0 N–H and O–H groups in total. The summed E-state index contributed by atoms with van der Waals surface area (Å²) in [4.78, 5) is 21.3. The molecule has 0 rings (SSSR count). The number of carbonyl (C=O) groups is 2. The lowest BCUT2D eigenvalue weighted by molar-refractivity contribution is -0.137. The van der Waals surface area contributed by atoms with Gasteiger partial charge in [-0.2, -0.15) is 0 Å². The number of rotatable bonds is 4. The standard InChI is InChI=1S/C10H8O4/c1-3-5-9(11)14-8-6-10(12)13-7-4-2/h1-2,6,8H,5,7H2. The number of terminal acetylenes is 2. The summed E-state index contributed by atoms with van der Waals surface area (Å²) >= 11 is 0. The smallest absolute Gasteiger partial charge is 0.334 e. The van der Waals surface area contributed by atoms with Crippen molar-refractivity contribution >= 4 is 11.9 Å². The summed E-state index contributed by atoms with van der Waals surface area (Å²) in [6.07, 6.45) is 11.4. The van der Waals surface area contributed by atoms with Crippen LogP contribution in [0.25, 0.3) is 0 Å². The minimum atomic E-state index is -0.684. The van der Waals surface area contributed by atoms with E-state index in [0.29, 0.717) is 0 Å². The van der Waals surface area contributed by atoms with Crippen molar-refractivity contribution in [3.8, 4) is 24.7 Å². The largest absolute Gasteiger partial charge is 0.449 e. The lowest BCUT2D eigenvalue weighted by atomic mass is 10.5. The summed E-state index contributed by atoms with van der Waals surface area (Å²) in [5.74, 6) is 2.89. The lowest BCUT2D eigenvalue weighted by Crippen LogP contribution is -2.02. The molecule has 0 aliphatic heterocycles. The van der Waals surface area contributed by atoms with Crippen molar-refractivity contribution in [2.45, 2.75) is 6.42 Å². The van der Waals surface area contributed by atoms with Gasteiger partial charge in [-0.1, -0.05) is 11.8 Å². The van der Waals surface area contributed by atoms with E-state index in [0.717, 1.165) is 12.3 Å².